The first-order valence-electron chi connectivity index (χ1n) is 6.39. The zero-order valence-electron chi connectivity index (χ0n) is 10.2. The van der Waals surface area contributed by atoms with Crippen molar-refractivity contribution < 1.29 is 13.9 Å². The number of thioether (sulfide) groups is 1. The molecular formula is C14H18F2OS. The molecule has 1 N–H and O–H groups in total. The lowest BCUT2D eigenvalue weighted by Gasteiger charge is -2.14. The fourth-order valence-electron chi connectivity index (χ4n) is 2.32. The first-order chi connectivity index (χ1) is 8.66. The molecule has 1 aliphatic carbocycles. The molecule has 0 amide bonds. The summed E-state index contributed by atoms with van der Waals surface area (Å²) in [6.07, 6.45) is 4.29. The van der Waals surface area contributed by atoms with Crippen molar-refractivity contribution >= 4 is 11.8 Å². The number of halogens is 2. The second-order valence-corrected chi connectivity index (χ2v) is 6.13. The Kier molecular flexibility index (Phi) is 5.01. The molecule has 0 heterocycles. The number of rotatable bonds is 5. The summed E-state index contributed by atoms with van der Waals surface area (Å²) in [5, 5.41) is 10.5. The summed E-state index contributed by atoms with van der Waals surface area (Å²) in [5.41, 5.74) is -0.00276. The minimum atomic E-state index is -0.679. The molecule has 1 atom stereocenters. The highest BCUT2D eigenvalue weighted by molar-refractivity contribution is 7.99. The van der Waals surface area contributed by atoms with Gasteiger partial charge in [0.2, 0.25) is 0 Å². The van der Waals surface area contributed by atoms with Crippen LogP contribution in [0.4, 0.5) is 8.78 Å². The van der Waals surface area contributed by atoms with E-state index in [4.69, 9.17) is 0 Å². The fourth-order valence-corrected chi connectivity index (χ4v) is 3.60. The fraction of sp³-hybridized carbons (Fsp3) is 0.571. The Bertz CT molecular complexity index is 371. The van der Waals surface area contributed by atoms with Gasteiger partial charge in [0.25, 0.3) is 0 Å². The van der Waals surface area contributed by atoms with E-state index in [1.807, 2.05) is 0 Å². The standard InChI is InChI=1S/C14H18F2OS/c15-13-6-3-7-14(16)12(13)8-10(17)9-18-11-4-1-2-5-11/h3,6-7,10-11,17H,1-2,4-5,8-9H2. The van der Waals surface area contributed by atoms with Gasteiger partial charge in [0.15, 0.2) is 0 Å². The van der Waals surface area contributed by atoms with Crippen LogP contribution in [0.5, 0.6) is 0 Å². The third-order valence-corrected chi connectivity index (χ3v) is 4.85. The molecule has 2 rings (SSSR count). The van der Waals surface area contributed by atoms with E-state index >= 15 is 0 Å². The molecule has 0 radical (unpaired) electrons. The van der Waals surface area contributed by atoms with Crippen LogP contribution in [-0.2, 0) is 6.42 Å². The average Bonchev–Trinajstić information content (AvgIpc) is 2.84. The average molecular weight is 272 g/mol. The molecule has 1 nitrogen and oxygen atoms in total. The second kappa shape index (κ2) is 6.53. The molecule has 0 aromatic heterocycles. The zero-order valence-corrected chi connectivity index (χ0v) is 11.1. The molecule has 0 saturated heterocycles. The molecule has 18 heavy (non-hydrogen) atoms. The van der Waals surface area contributed by atoms with Crippen LogP contribution in [0.25, 0.3) is 0 Å². The Morgan fingerprint density at radius 3 is 2.44 bits per heavy atom. The second-order valence-electron chi connectivity index (χ2n) is 4.80. The van der Waals surface area contributed by atoms with Gasteiger partial charge >= 0.3 is 0 Å². The molecule has 1 unspecified atom stereocenters. The number of hydrogen-bond acceptors (Lipinski definition) is 2. The van der Waals surface area contributed by atoms with Crippen LogP contribution in [-0.4, -0.2) is 22.2 Å². The lowest BCUT2D eigenvalue weighted by Crippen LogP contribution is -2.17. The summed E-state index contributed by atoms with van der Waals surface area (Å²) >= 11 is 1.73. The van der Waals surface area contributed by atoms with E-state index in [0.717, 1.165) is 0 Å². The Hall–Kier alpha value is -0.610. The summed E-state index contributed by atoms with van der Waals surface area (Å²) in [6, 6.07) is 3.80. The van der Waals surface area contributed by atoms with Gasteiger partial charge in [-0.05, 0) is 25.0 Å². The highest BCUT2D eigenvalue weighted by atomic mass is 32.2. The Morgan fingerprint density at radius 2 is 1.83 bits per heavy atom. The van der Waals surface area contributed by atoms with E-state index in [9.17, 15) is 13.9 Å². The molecule has 0 spiro atoms. The maximum atomic E-state index is 13.4. The van der Waals surface area contributed by atoms with E-state index in [0.29, 0.717) is 11.0 Å². The van der Waals surface area contributed by atoms with Gasteiger partial charge in [-0.15, -0.1) is 0 Å². The monoisotopic (exact) mass is 272 g/mol. The highest BCUT2D eigenvalue weighted by Gasteiger charge is 2.18. The summed E-state index contributed by atoms with van der Waals surface area (Å²) < 4.78 is 26.8. The molecule has 1 saturated carbocycles. The van der Waals surface area contributed by atoms with Crippen LogP contribution in [0.1, 0.15) is 31.2 Å². The van der Waals surface area contributed by atoms with Crippen molar-refractivity contribution in [3.8, 4) is 0 Å². The van der Waals surface area contributed by atoms with E-state index in [1.54, 1.807) is 11.8 Å². The van der Waals surface area contributed by atoms with Crippen molar-refractivity contribution in [1.82, 2.24) is 0 Å². The molecule has 1 aromatic carbocycles. The van der Waals surface area contributed by atoms with E-state index in [2.05, 4.69) is 0 Å². The lowest BCUT2D eigenvalue weighted by atomic mass is 10.1. The van der Waals surface area contributed by atoms with Crippen LogP contribution < -0.4 is 0 Å². The van der Waals surface area contributed by atoms with Gasteiger partial charge < -0.3 is 5.11 Å². The summed E-state index contributed by atoms with van der Waals surface area (Å²) in [6.45, 7) is 0. The SMILES string of the molecule is OC(CSC1CCCC1)Cc1c(F)cccc1F. The minimum Gasteiger partial charge on any atom is -0.392 e. The first kappa shape index (κ1) is 13.8. The van der Waals surface area contributed by atoms with Crippen molar-refractivity contribution in [3.05, 3.63) is 35.4 Å². The predicted molar refractivity (Wildman–Crippen MR) is 70.8 cm³/mol. The normalized spacial score (nSPS) is 18.2. The van der Waals surface area contributed by atoms with Gasteiger partial charge in [0, 0.05) is 23.0 Å². The Balaban J connectivity index is 1.84. The van der Waals surface area contributed by atoms with E-state index in [-0.39, 0.29) is 12.0 Å². The number of aliphatic hydroxyl groups is 1. The van der Waals surface area contributed by atoms with Gasteiger partial charge in [-0.25, -0.2) is 8.78 Å². The van der Waals surface area contributed by atoms with E-state index in [1.165, 1.54) is 43.9 Å². The molecule has 1 fully saturated rings. The van der Waals surface area contributed by atoms with Crippen molar-refractivity contribution in [2.75, 3.05) is 5.75 Å². The summed E-state index contributed by atoms with van der Waals surface area (Å²) in [5.74, 6) is -0.585. The largest absolute Gasteiger partial charge is 0.392 e. The van der Waals surface area contributed by atoms with Gasteiger partial charge in [-0.3, -0.25) is 0 Å². The molecule has 4 heteroatoms. The topological polar surface area (TPSA) is 20.2 Å². The summed E-state index contributed by atoms with van der Waals surface area (Å²) in [4.78, 5) is 0. The van der Waals surface area contributed by atoms with Crippen LogP contribution in [0.3, 0.4) is 0 Å². The molecule has 1 aliphatic rings. The lowest BCUT2D eigenvalue weighted by molar-refractivity contribution is 0.197. The van der Waals surface area contributed by atoms with Gasteiger partial charge in [-0.1, -0.05) is 18.9 Å². The molecule has 0 bridgehead atoms. The van der Waals surface area contributed by atoms with Gasteiger partial charge in [0.1, 0.15) is 11.6 Å². The predicted octanol–water partition coefficient (Wildman–Crippen LogP) is 3.54. The number of aliphatic hydroxyl groups excluding tert-OH is 1. The van der Waals surface area contributed by atoms with Crippen LogP contribution in [0.2, 0.25) is 0 Å². The Labute approximate surface area is 111 Å². The van der Waals surface area contributed by atoms with Crippen molar-refractivity contribution in [1.29, 1.82) is 0 Å². The molecule has 100 valence electrons. The molecule has 0 aliphatic heterocycles. The minimum absolute atomic E-state index is 0.00276. The Morgan fingerprint density at radius 1 is 1.22 bits per heavy atom. The van der Waals surface area contributed by atoms with Crippen molar-refractivity contribution in [2.45, 2.75) is 43.5 Å². The van der Waals surface area contributed by atoms with Gasteiger partial charge in [-0.2, -0.15) is 11.8 Å². The summed E-state index contributed by atoms with van der Waals surface area (Å²) in [7, 11) is 0. The third-order valence-electron chi connectivity index (χ3n) is 3.33. The highest BCUT2D eigenvalue weighted by Crippen LogP contribution is 2.30. The maximum absolute atomic E-state index is 13.4. The van der Waals surface area contributed by atoms with Gasteiger partial charge in [0.05, 0.1) is 6.10 Å². The quantitative estimate of drug-likeness (QED) is 0.884. The van der Waals surface area contributed by atoms with E-state index < -0.39 is 17.7 Å². The molecular weight excluding hydrogens is 254 g/mol. The first-order valence-corrected chi connectivity index (χ1v) is 7.44. The number of hydrogen-bond donors (Lipinski definition) is 1. The number of benzene rings is 1. The van der Waals surface area contributed by atoms with Crippen molar-refractivity contribution in [2.24, 2.45) is 0 Å². The van der Waals surface area contributed by atoms with Crippen LogP contribution >= 0.6 is 11.8 Å². The van der Waals surface area contributed by atoms with Crippen LogP contribution in [0, 0.1) is 11.6 Å². The smallest absolute Gasteiger partial charge is 0.129 e. The maximum Gasteiger partial charge on any atom is 0.129 e. The third kappa shape index (κ3) is 3.69. The molecule has 1 aromatic rings. The van der Waals surface area contributed by atoms with Crippen molar-refractivity contribution in [3.63, 3.8) is 0 Å². The zero-order chi connectivity index (χ0) is 13.0. The van der Waals surface area contributed by atoms with Crippen LogP contribution in [0.15, 0.2) is 18.2 Å².